The van der Waals surface area contributed by atoms with Crippen molar-refractivity contribution >= 4 is 39.8 Å². The highest BCUT2D eigenvalue weighted by atomic mass is 127. The average molecular weight is 527 g/mol. The van der Waals surface area contributed by atoms with E-state index in [1.165, 1.54) is 38.5 Å². The Morgan fingerprint density at radius 2 is 1.86 bits per heavy atom. The fourth-order valence-electron chi connectivity index (χ4n) is 4.27. The molecule has 0 aromatic rings. The number of sulfone groups is 1. The van der Waals surface area contributed by atoms with Crippen LogP contribution in [0.25, 0.3) is 0 Å². The lowest BCUT2D eigenvalue weighted by atomic mass is 10.1. The number of aliphatic imine (C=N–C) groups is 1. The van der Waals surface area contributed by atoms with Crippen molar-refractivity contribution in [1.82, 2.24) is 10.6 Å². The molecule has 2 saturated carbocycles. The van der Waals surface area contributed by atoms with E-state index in [0.717, 1.165) is 25.2 Å². The number of nitrogens with zero attached hydrogens (tertiary/aromatic N) is 1. The number of nitrogens with one attached hydrogen (secondary N) is 2. The molecule has 4 aliphatic rings. The van der Waals surface area contributed by atoms with Crippen molar-refractivity contribution in [3.63, 3.8) is 0 Å². The van der Waals surface area contributed by atoms with E-state index in [2.05, 4.69) is 15.6 Å². The zero-order valence-electron chi connectivity index (χ0n) is 16.5. The maximum Gasteiger partial charge on any atom is 0.191 e. The van der Waals surface area contributed by atoms with Gasteiger partial charge in [0.25, 0.3) is 0 Å². The Kier molecular flexibility index (Phi) is 7.88. The van der Waals surface area contributed by atoms with Crippen molar-refractivity contribution in [1.29, 1.82) is 0 Å². The van der Waals surface area contributed by atoms with E-state index in [0.29, 0.717) is 31.5 Å². The van der Waals surface area contributed by atoms with Gasteiger partial charge in [-0.25, -0.2) is 8.42 Å². The molecule has 0 aromatic heterocycles. The lowest BCUT2D eigenvalue weighted by molar-refractivity contribution is -0.175. The molecular weight excluding hydrogens is 493 g/mol. The van der Waals surface area contributed by atoms with Crippen LogP contribution in [0.3, 0.4) is 0 Å². The van der Waals surface area contributed by atoms with Crippen LogP contribution in [-0.2, 0) is 19.3 Å². The third kappa shape index (κ3) is 6.43. The molecule has 2 heterocycles. The van der Waals surface area contributed by atoms with Gasteiger partial charge in [0.15, 0.2) is 21.6 Å². The molecule has 2 N–H and O–H groups in total. The molecule has 2 aliphatic heterocycles. The van der Waals surface area contributed by atoms with Crippen molar-refractivity contribution < 1.29 is 17.9 Å². The van der Waals surface area contributed by atoms with Crippen LogP contribution in [-0.4, -0.2) is 63.5 Å². The summed E-state index contributed by atoms with van der Waals surface area (Å²) in [5.74, 6) is 1.15. The van der Waals surface area contributed by atoms with Gasteiger partial charge in [0.2, 0.25) is 0 Å². The van der Waals surface area contributed by atoms with Gasteiger partial charge in [0.1, 0.15) is 6.10 Å². The first-order valence-corrected chi connectivity index (χ1v) is 12.4. The Bertz CT molecular complexity index is 646. The molecule has 2 aliphatic carbocycles. The molecule has 7 nitrogen and oxygen atoms in total. The average Bonchev–Trinajstić information content (AvgIpc) is 3.32. The summed E-state index contributed by atoms with van der Waals surface area (Å²) < 4.78 is 35.6. The van der Waals surface area contributed by atoms with Crippen molar-refractivity contribution in [3.05, 3.63) is 0 Å². The predicted molar refractivity (Wildman–Crippen MR) is 120 cm³/mol. The molecule has 9 heteroatoms. The van der Waals surface area contributed by atoms with Crippen molar-refractivity contribution in [2.24, 2.45) is 10.9 Å². The van der Waals surface area contributed by atoms with Crippen LogP contribution in [0.4, 0.5) is 0 Å². The molecule has 4 fully saturated rings. The lowest BCUT2D eigenvalue weighted by Crippen LogP contribution is -2.43. The Labute approximate surface area is 185 Å². The molecule has 2 unspecified atom stereocenters. The Hall–Kier alpha value is -0.130. The van der Waals surface area contributed by atoms with Crippen molar-refractivity contribution in [2.45, 2.75) is 75.7 Å². The van der Waals surface area contributed by atoms with Crippen LogP contribution < -0.4 is 10.6 Å². The second kappa shape index (κ2) is 9.78. The van der Waals surface area contributed by atoms with E-state index in [1.54, 1.807) is 0 Å². The van der Waals surface area contributed by atoms with Gasteiger partial charge in [-0.3, -0.25) is 4.99 Å². The molecule has 1 spiro atoms. The summed E-state index contributed by atoms with van der Waals surface area (Å²) in [5, 5.41) is 6.83. The Morgan fingerprint density at radius 3 is 2.50 bits per heavy atom. The smallest absolute Gasteiger partial charge is 0.191 e. The fourth-order valence-corrected chi connectivity index (χ4v) is 6.12. The highest BCUT2D eigenvalue weighted by molar-refractivity contribution is 14.0. The number of guanidine groups is 1. The van der Waals surface area contributed by atoms with Gasteiger partial charge in [0, 0.05) is 32.0 Å². The zero-order valence-corrected chi connectivity index (χ0v) is 19.7. The van der Waals surface area contributed by atoms with Crippen LogP contribution in [0.2, 0.25) is 0 Å². The summed E-state index contributed by atoms with van der Waals surface area (Å²) in [6, 6.07) is 0.498. The summed E-state index contributed by atoms with van der Waals surface area (Å²) in [7, 11) is -2.84. The van der Waals surface area contributed by atoms with Crippen LogP contribution >= 0.6 is 24.0 Å². The van der Waals surface area contributed by atoms with E-state index < -0.39 is 9.84 Å². The quantitative estimate of drug-likeness (QED) is 0.324. The monoisotopic (exact) mass is 527 g/mol. The van der Waals surface area contributed by atoms with E-state index in [-0.39, 0.29) is 47.5 Å². The summed E-state index contributed by atoms with van der Waals surface area (Å²) in [4.78, 5) is 4.67. The van der Waals surface area contributed by atoms with Crippen LogP contribution in [0, 0.1) is 5.92 Å². The van der Waals surface area contributed by atoms with Gasteiger partial charge < -0.3 is 20.1 Å². The molecule has 0 aromatic carbocycles. The summed E-state index contributed by atoms with van der Waals surface area (Å²) >= 11 is 0. The normalized spacial score (nSPS) is 31.9. The largest absolute Gasteiger partial charge is 0.354 e. The number of hydrogen-bond acceptors (Lipinski definition) is 5. The van der Waals surface area contributed by atoms with Gasteiger partial charge in [0.05, 0.1) is 18.1 Å². The fraction of sp³-hybridized carbons (Fsp3) is 0.947. The van der Waals surface area contributed by atoms with Crippen LogP contribution in [0.5, 0.6) is 0 Å². The van der Waals surface area contributed by atoms with Gasteiger partial charge in [-0.15, -0.1) is 24.0 Å². The minimum Gasteiger partial charge on any atom is -0.354 e. The van der Waals surface area contributed by atoms with Gasteiger partial charge >= 0.3 is 0 Å². The lowest BCUT2D eigenvalue weighted by Gasteiger charge is -2.26. The van der Waals surface area contributed by atoms with E-state index in [4.69, 9.17) is 9.47 Å². The SMILES string of the molecule is I.O=S1(=O)CCC(CN=C(NCC2COC3(CCCCCC3)O2)NC2CC2)C1. The minimum absolute atomic E-state index is 0. The first-order valence-electron chi connectivity index (χ1n) is 10.6. The molecule has 162 valence electrons. The van der Waals surface area contributed by atoms with Crippen molar-refractivity contribution in [3.8, 4) is 0 Å². The first-order chi connectivity index (χ1) is 13.0. The van der Waals surface area contributed by atoms with Gasteiger partial charge in [-0.05, 0) is 38.0 Å². The maximum absolute atomic E-state index is 11.6. The molecule has 2 saturated heterocycles. The molecular formula is C19H34IN3O4S. The van der Waals surface area contributed by atoms with Crippen LogP contribution in [0.1, 0.15) is 57.8 Å². The van der Waals surface area contributed by atoms with E-state index >= 15 is 0 Å². The molecule has 2 atom stereocenters. The second-order valence-corrected chi connectivity index (χ2v) is 10.9. The van der Waals surface area contributed by atoms with Gasteiger partial charge in [-0.1, -0.05) is 12.8 Å². The maximum atomic E-state index is 11.6. The Morgan fingerprint density at radius 1 is 1.11 bits per heavy atom. The minimum atomic E-state index is -2.84. The van der Waals surface area contributed by atoms with E-state index in [1.807, 2.05) is 0 Å². The third-order valence-electron chi connectivity index (χ3n) is 6.03. The number of halogens is 1. The highest BCUT2D eigenvalue weighted by Crippen LogP contribution is 2.36. The molecule has 0 amide bonds. The predicted octanol–water partition coefficient (Wildman–Crippen LogP) is 2.20. The second-order valence-electron chi connectivity index (χ2n) is 8.63. The van der Waals surface area contributed by atoms with E-state index in [9.17, 15) is 8.42 Å². The molecule has 0 radical (unpaired) electrons. The summed E-state index contributed by atoms with van der Waals surface area (Å²) in [5.41, 5.74) is 0. The first kappa shape index (κ1) is 22.6. The summed E-state index contributed by atoms with van der Waals surface area (Å²) in [6.07, 6.45) is 10.0. The Balaban J connectivity index is 0.00000225. The standard InChI is InChI=1S/C19H33N3O4S.HI/c23-27(24)10-7-15(14-27)11-20-18(22-16-5-6-16)21-12-17-13-25-19(26-17)8-3-1-2-4-9-19;/h15-17H,1-14H2,(H2,20,21,22);1H. The molecule has 0 bridgehead atoms. The molecule has 4 rings (SSSR count). The van der Waals surface area contributed by atoms with Crippen molar-refractivity contribution in [2.75, 3.05) is 31.2 Å². The molecule has 28 heavy (non-hydrogen) atoms. The summed E-state index contributed by atoms with van der Waals surface area (Å²) in [6.45, 7) is 1.86. The topological polar surface area (TPSA) is 89.0 Å². The van der Waals surface area contributed by atoms with Crippen LogP contribution in [0.15, 0.2) is 4.99 Å². The number of rotatable bonds is 5. The highest BCUT2D eigenvalue weighted by Gasteiger charge is 2.41. The number of ether oxygens (including phenoxy) is 2. The zero-order chi connectivity index (χ0) is 18.7. The number of hydrogen-bond donors (Lipinski definition) is 2. The third-order valence-corrected chi connectivity index (χ3v) is 7.87. The van der Waals surface area contributed by atoms with Gasteiger partial charge in [-0.2, -0.15) is 0 Å².